The molecular weight excluding hydrogens is 226 g/mol. The van der Waals surface area contributed by atoms with Gasteiger partial charge in [-0.15, -0.1) is 0 Å². The van der Waals surface area contributed by atoms with E-state index >= 15 is 0 Å². The zero-order valence-corrected chi connectivity index (χ0v) is 11.3. The molecule has 0 unspecified atom stereocenters. The van der Waals surface area contributed by atoms with Gasteiger partial charge in [-0.05, 0) is 44.2 Å². The minimum atomic E-state index is 0.338. The molecule has 0 amide bonds. The minimum absolute atomic E-state index is 0.338. The highest BCUT2D eigenvalue weighted by molar-refractivity contribution is 5.97. The van der Waals surface area contributed by atoms with Gasteiger partial charge < -0.3 is 14.9 Å². The third kappa shape index (κ3) is 2.48. The molecule has 1 heterocycles. The average molecular weight is 247 g/mol. The lowest BCUT2D eigenvalue weighted by molar-refractivity contribution is 0.215. The third-order valence-electron chi connectivity index (χ3n) is 3.58. The molecule has 1 saturated heterocycles. The van der Waals surface area contributed by atoms with Crippen molar-refractivity contribution in [2.24, 2.45) is 0 Å². The van der Waals surface area contributed by atoms with Gasteiger partial charge in [0.2, 0.25) is 0 Å². The van der Waals surface area contributed by atoms with E-state index in [2.05, 4.69) is 16.8 Å². The van der Waals surface area contributed by atoms with Gasteiger partial charge in [-0.1, -0.05) is 0 Å². The molecule has 18 heavy (non-hydrogen) atoms. The molecule has 2 N–H and O–H groups in total. The van der Waals surface area contributed by atoms with Crippen molar-refractivity contribution in [2.75, 3.05) is 33.2 Å². The van der Waals surface area contributed by atoms with E-state index < -0.39 is 0 Å². The smallest absolute Gasteiger partial charge is 0.128 e. The SMILES string of the molecule is Cc1cc(C(=N)N2CCN(C)CC2)cc(C)c1O. The molecule has 1 aliphatic rings. The first-order chi connectivity index (χ1) is 8.49. The molecule has 2 rings (SSSR count). The topological polar surface area (TPSA) is 50.6 Å². The fourth-order valence-corrected chi connectivity index (χ4v) is 2.31. The Balaban J connectivity index is 2.19. The first-order valence-electron chi connectivity index (χ1n) is 6.31. The van der Waals surface area contributed by atoms with Crippen molar-refractivity contribution in [1.29, 1.82) is 5.41 Å². The zero-order chi connectivity index (χ0) is 13.3. The van der Waals surface area contributed by atoms with Gasteiger partial charge >= 0.3 is 0 Å². The van der Waals surface area contributed by atoms with Crippen LogP contribution in [0.5, 0.6) is 5.75 Å². The van der Waals surface area contributed by atoms with E-state index in [0.29, 0.717) is 11.6 Å². The molecule has 0 aliphatic carbocycles. The van der Waals surface area contributed by atoms with Crippen LogP contribution in [0.4, 0.5) is 0 Å². The number of benzene rings is 1. The predicted molar refractivity (Wildman–Crippen MR) is 73.5 cm³/mol. The second-order valence-corrected chi connectivity index (χ2v) is 5.10. The summed E-state index contributed by atoms with van der Waals surface area (Å²) in [5.74, 6) is 0.902. The van der Waals surface area contributed by atoms with Crippen molar-refractivity contribution in [3.63, 3.8) is 0 Å². The van der Waals surface area contributed by atoms with Crippen LogP contribution in [0.2, 0.25) is 0 Å². The molecule has 0 atom stereocenters. The number of phenols is 1. The summed E-state index contributed by atoms with van der Waals surface area (Å²) in [5.41, 5.74) is 2.57. The van der Waals surface area contributed by atoms with E-state index in [-0.39, 0.29) is 0 Å². The first-order valence-corrected chi connectivity index (χ1v) is 6.31. The molecule has 0 aromatic heterocycles. The summed E-state index contributed by atoms with van der Waals surface area (Å²) in [6.07, 6.45) is 0. The van der Waals surface area contributed by atoms with Gasteiger partial charge in [0, 0.05) is 31.7 Å². The summed E-state index contributed by atoms with van der Waals surface area (Å²) >= 11 is 0. The van der Waals surface area contributed by atoms with Crippen molar-refractivity contribution in [1.82, 2.24) is 9.80 Å². The number of rotatable bonds is 1. The summed E-state index contributed by atoms with van der Waals surface area (Å²) in [6.45, 7) is 7.55. The lowest BCUT2D eigenvalue weighted by Crippen LogP contribution is -2.47. The number of nitrogens with one attached hydrogen (secondary N) is 1. The normalized spacial score (nSPS) is 16.9. The summed E-state index contributed by atoms with van der Waals surface area (Å²) < 4.78 is 0. The summed E-state index contributed by atoms with van der Waals surface area (Å²) in [6, 6.07) is 3.78. The molecule has 0 radical (unpaired) electrons. The molecule has 0 spiro atoms. The highest BCUT2D eigenvalue weighted by Crippen LogP contribution is 2.23. The number of hydrogen-bond donors (Lipinski definition) is 2. The highest BCUT2D eigenvalue weighted by Gasteiger charge is 2.18. The Kier molecular flexibility index (Phi) is 3.57. The average Bonchev–Trinajstić information content (AvgIpc) is 2.35. The van der Waals surface area contributed by atoms with E-state index in [1.807, 2.05) is 26.0 Å². The molecule has 0 bridgehead atoms. The lowest BCUT2D eigenvalue weighted by atomic mass is 10.0. The van der Waals surface area contributed by atoms with Crippen LogP contribution >= 0.6 is 0 Å². The quantitative estimate of drug-likeness (QED) is 0.585. The van der Waals surface area contributed by atoms with Crippen LogP contribution in [-0.2, 0) is 0 Å². The maximum atomic E-state index is 9.77. The molecule has 4 nitrogen and oxygen atoms in total. The molecular formula is C14H21N3O. The van der Waals surface area contributed by atoms with Crippen molar-refractivity contribution in [2.45, 2.75) is 13.8 Å². The molecule has 0 saturated carbocycles. The van der Waals surface area contributed by atoms with E-state index in [9.17, 15) is 5.11 Å². The largest absolute Gasteiger partial charge is 0.507 e. The van der Waals surface area contributed by atoms with E-state index in [1.54, 1.807) is 0 Å². The number of aromatic hydroxyl groups is 1. The Labute approximate surface area is 108 Å². The number of piperazine rings is 1. The molecule has 1 aliphatic heterocycles. The minimum Gasteiger partial charge on any atom is -0.507 e. The van der Waals surface area contributed by atoms with Crippen molar-refractivity contribution < 1.29 is 5.11 Å². The van der Waals surface area contributed by atoms with Gasteiger partial charge in [-0.3, -0.25) is 5.41 Å². The second kappa shape index (κ2) is 4.98. The van der Waals surface area contributed by atoms with Gasteiger partial charge in [0.1, 0.15) is 11.6 Å². The van der Waals surface area contributed by atoms with Crippen LogP contribution in [-0.4, -0.2) is 54.0 Å². The summed E-state index contributed by atoms with van der Waals surface area (Å²) in [4.78, 5) is 4.38. The number of phenolic OH excluding ortho intramolecular Hbond substituents is 1. The van der Waals surface area contributed by atoms with Gasteiger partial charge in [0.25, 0.3) is 0 Å². The molecule has 1 fully saturated rings. The van der Waals surface area contributed by atoms with Crippen LogP contribution in [0.3, 0.4) is 0 Å². The second-order valence-electron chi connectivity index (χ2n) is 5.10. The Hall–Kier alpha value is -1.55. The maximum Gasteiger partial charge on any atom is 0.128 e. The van der Waals surface area contributed by atoms with Gasteiger partial charge in [0.15, 0.2) is 0 Å². The van der Waals surface area contributed by atoms with Crippen LogP contribution < -0.4 is 0 Å². The lowest BCUT2D eigenvalue weighted by Gasteiger charge is -2.34. The number of hydrogen-bond acceptors (Lipinski definition) is 3. The fourth-order valence-electron chi connectivity index (χ4n) is 2.31. The van der Waals surface area contributed by atoms with Crippen molar-refractivity contribution >= 4 is 5.84 Å². The third-order valence-corrected chi connectivity index (χ3v) is 3.58. The van der Waals surface area contributed by atoms with Gasteiger partial charge in [-0.25, -0.2) is 0 Å². The van der Waals surface area contributed by atoms with E-state index in [4.69, 9.17) is 5.41 Å². The van der Waals surface area contributed by atoms with Gasteiger partial charge in [0.05, 0.1) is 0 Å². The highest BCUT2D eigenvalue weighted by atomic mass is 16.3. The standard InChI is InChI=1S/C14H21N3O/c1-10-8-12(9-11(2)13(10)18)14(15)17-6-4-16(3)5-7-17/h8-9,15,18H,4-7H2,1-3H3. The fraction of sp³-hybridized carbons (Fsp3) is 0.500. The van der Waals surface area contributed by atoms with Crippen molar-refractivity contribution in [3.05, 3.63) is 28.8 Å². The summed E-state index contributed by atoms with van der Waals surface area (Å²) in [5, 5.41) is 18.0. The Morgan fingerprint density at radius 1 is 1.11 bits per heavy atom. The monoisotopic (exact) mass is 247 g/mol. The van der Waals surface area contributed by atoms with Crippen LogP contribution in [0.15, 0.2) is 12.1 Å². The predicted octanol–water partition coefficient (Wildman–Crippen LogP) is 1.58. The Morgan fingerprint density at radius 3 is 2.11 bits per heavy atom. The number of aryl methyl sites for hydroxylation is 2. The number of nitrogens with zero attached hydrogens (tertiary/aromatic N) is 2. The van der Waals surface area contributed by atoms with E-state index in [0.717, 1.165) is 42.9 Å². The Morgan fingerprint density at radius 2 is 1.61 bits per heavy atom. The van der Waals surface area contributed by atoms with E-state index in [1.165, 1.54) is 0 Å². The summed E-state index contributed by atoms with van der Waals surface area (Å²) in [7, 11) is 2.11. The van der Waals surface area contributed by atoms with Gasteiger partial charge in [-0.2, -0.15) is 0 Å². The van der Waals surface area contributed by atoms with Crippen LogP contribution in [0.25, 0.3) is 0 Å². The number of amidine groups is 1. The van der Waals surface area contributed by atoms with Crippen LogP contribution in [0.1, 0.15) is 16.7 Å². The molecule has 4 heteroatoms. The van der Waals surface area contributed by atoms with Crippen LogP contribution in [0, 0.1) is 19.3 Å². The van der Waals surface area contributed by atoms with Crippen molar-refractivity contribution in [3.8, 4) is 5.75 Å². The maximum absolute atomic E-state index is 9.77. The zero-order valence-electron chi connectivity index (χ0n) is 11.3. The molecule has 98 valence electrons. The first kappa shape index (κ1) is 12.9. The number of likely N-dealkylation sites (N-methyl/N-ethyl adjacent to an activating group) is 1. The Bertz CT molecular complexity index is 439. The molecule has 1 aromatic carbocycles. The molecule has 1 aromatic rings.